The third kappa shape index (κ3) is 2.95. The van der Waals surface area contributed by atoms with Crippen LogP contribution in [0.4, 0.5) is 0 Å². The second kappa shape index (κ2) is 6.05. The molecule has 0 radical (unpaired) electrons. The molecule has 0 bridgehead atoms. The molecule has 2 N–H and O–H groups in total. The zero-order valence-electron chi connectivity index (χ0n) is 12.0. The summed E-state index contributed by atoms with van der Waals surface area (Å²) in [7, 11) is 0. The summed E-state index contributed by atoms with van der Waals surface area (Å²) in [4.78, 5) is 20.7. The normalized spacial score (nSPS) is 17.9. The van der Waals surface area contributed by atoms with Gasteiger partial charge in [0.25, 0.3) is 0 Å². The largest absolute Gasteiger partial charge is 0.351 e. The van der Waals surface area contributed by atoms with Crippen molar-refractivity contribution in [2.45, 2.75) is 32.4 Å². The molecule has 1 atom stereocenters. The predicted molar refractivity (Wildman–Crippen MR) is 79.0 cm³/mol. The molecule has 1 unspecified atom stereocenters. The first-order valence-electron chi connectivity index (χ1n) is 7.21. The number of hydrogen-bond donors (Lipinski definition) is 2. The molecule has 1 aliphatic rings. The minimum Gasteiger partial charge on any atom is -0.351 e. The Morgan fingerprint density at radius 3 is 3.10 bits per heavy atom. The monoisotopic (exact) mass is 285 g/mol. The lowest BCUT2D eigenvalue weighted by atomic mass is 10.2. The van der Waals surface area contributed by atoms with Crippen LogP contribution in [0.5, 0.6) is 0 Å². The average molecular weight is 285 g/mol. The van der Waals surface area contributed by atoms with Gasteiger partial charge in [0.2, 0.25) is 5.91 Å². The zero-order valence-corrected chi connectivity index (χ0v) is 12.0. The van der Waals surface area contributed by atoms with Gasteiger partial charge in [-0.1, -0.05) is 6.07 Å². The fraction of sp³-hybridized carbons (Fsp3) is 0.400. The van der Waals surface area contributed by atoms with E-state index < -0.39 is 0 Å². The number of carbonyl (C=O) groups excluding carboxylic acids is 1. The average Bonchev–Trinajstić information content (AvgIpc) is 3.16. The lowest BCUT2D eigenvalue weighted by Gasteiger charge is -2.14. The first-order valence-corrected chi connectivity index (χ1v) is 7.21. The van der Waals surface area contributed by atoms with Crippen LogP contribution in [0.1, 0.15) is 24.2 Å². The lowest BCUT2D eigenvalue weighted by molar-refractivity contribution is -0.122. The van der Waals surface area contributed by atoms with Crippen LogP contribution in [0.25, 0.3) is 5.82 Å². The number of rotatable bonds is 4. The number of nitrogens with one attached hydrogen (secondary N) is 2. The number of aryl methyl sites for hydroxylation is 1. The van der Waals surface area contributed by atoms with Gasteiger partial charge in [0.15, 0.2) is 0 Å². The van der Waals surface area contributed by atoms with Gasteiger partial charge < -0.3 is 10.6 Å². The number of aromatic nitrogens is 3. The molecule has 1 saturated heterocycles. The van der Waals surface area contributed by atoms with E-state index in [1.165, 1.54) is 0 Å². The standard InChI is InChI=1S/C15H19N5O/c1-11-16-8-9-20(11)14-12(4-2-7-18-14)10-19-15(21)13-5-3-6-17-13/h2,4,7-9,13,17H,3,5-6,10H2,1H3,(H,19,21). The van der Waals surface area contributed by atoms with Crippen LogP contribution in [0.3, 0.4) is 0 Å². The summed E-state index contributed by atoms with van der Waals surface area (Å²) in [6, 6.07) is 3.80. The van der Waals surface area contributed by atoms with E-state index >= 15 is 0 Å². The van der Waals surface area contributed by atoms with Crippen LogP contribution < -0.4 is 10.6 Å². The Balaban J connectivity index is 1.74. The van der Waals surface area contributed by atoms with E-state index in [1.54, 1.807) is 12.4 Å². The van der Waals surface area contributed by atoms with Gasteiger partial charge in [-0.3, -0.25) is 9.36 Å². The summed E-state index contributed by atoms with van der Waals surface area (Å²) < 4.78 is 1.93. The molecule has 1 aliphatic heterocycles. The molecule has 2 aromatic heterocycles. The molecule has 21 heavy (non-hydrogen) atoms. The summed E-state index contributed by atoms with van der Waals surface area (Å²) in [6.45, 7) is 3.32. The highest BCUT2D eigenvalue weighted by Gasteiger charge is 2.21. The molecule has 110 valence electrons. The second-order valence-corrected chi connectivity index (χ2v) is 5.20. The molecule has 3 heterocycles. The summed E-state index contributed by atoms with van der Waals surface area (Å²) in [5.74, 6) is 1.75. The van der Waals surface area contributed by atoms with Crippen molar-refractivity contribution in [2.75, 3.05) is 6.54 Å². The number of amides is 1. The molecule has 6 heteroatoms. The molecule has 0 spiro atoms. The number of carbonyl (C=O) groups is 1. The summed E-state index contributed by atoms with van der Waals surface area (Å²) >= 11 is 0. The van der Waals surface area contributed by atoms with Crippen molar-refractivity contribution in [1.82, 2.24) is 25.2 Å². The highest BCUT2D eigenvalue weighted by molar-refractivity contribution is 5.82. The molecule has 6 nitrogen and oxygen atoms in total. The van der Waals surface area contributed by atoms with E-state index in [-0.39, 0.29) is 11.9 Å². The molecule has 2 aromatic rings. The fourth-order valence-electron chi connectivity index (χ4n) is 2.60. The van der Waals surface area contributed by atoms with Crippen LogP contribution >= 0.6 is 0 Å². The second-order valence-electron chi connectivity index (χ2n) is 5.20. The van der Waals surface area contributed by atoms with Gasteiger partial charge in [0.05, 0.1) is 6.04 Å². The Morgan fingerprint density at radius 2 is 2.38 bits per heavy atom. The molecule has 1 fully saturated rings. The van der Waals surface area contributed by atoms with E-state index in [4.69, 9.17) is 0 Å². The number of imidazole rings is 1. The summed E-state index contributed by atoms with van der Waals surface area (Å²) in [5.41, 5.74) is 0.977. The summed E-state index contributed by atoms with van der Waals surface area (Å²) in [6.07, 6.45) is 7.34. The predicted octanol–water partition coefficient (Wildman–Crippen LogP) is 0.944. The van der Waals surface area contributed by atoms with Crippen molar-refractivity contribution in [3.8, 4) is 5.82 Å². The van der Waals surface area contributed by atoms with Crippen molar-refractivity contribution >= 4 is 5.91 Å². The first kappa shape index (κ1) is 13.8. The SMILES string of the molecule is Cc1nccn1-c1ncccc1CNC(=O)C1CCCN1. The minimum atomic E-state index is -0.0555. The first-order chi connectivity index (χ1) is 10.3. The fourth-order valence-corrected chi connectivity index (χ4v) is 2.60. The maximum atomic E-state index is 12.1. The number of nitrogens with zero attached hydrogens (tertiary/aromatic N) is 3. The Kier molecular flexibility index (Phi) is 3.96. The van der Waals surface area contributed by atoms with Crippen molar-refractivity contribution in [1.29, 1.82) is 0 Å². The Hall–Kier alpha value is -2.21. The van der Waals surface area contributed by atoms with Crippen molar-refractivity contribution < 1.29 is 4.79 Å². The van der Waals surface area contributed by atoms with Gasteiger partial charge in [0.1, 0.15) is 11.6 Å². The topological polar surface area (TPSA) is 71.8 Å². The molecule has 1 amide bonds. The van der Waals surface area contributed by atoms with Crippen LogP contribution in [-0.4, -0.2) is 33.0 Å². The van der Waals surface area contributed by atoms with Crippen LogP contribution in [0, 0.1) is 6.92 Å². The van der Waals surface area contributed by atoms with Gasteiger partial charge in [-0.15, -0.1) is 0 Å². The van der Waals surface area contributed by atoms with Gasteiger partial charge in [-0.05, 0) is 32.4 Å². The van der Waals surface area contributed by atoms with E-state index in [2.05, 4.69) is 20.6 Å². The molecular formula is C15H19N5O. The third-order valence-corrected chi connectivity index (χ3v) is 3.75. The maximum absolute atomic E-state index is 12.1. The molecule has 0 saturated carbocycles. The van der Waals surface area contributed by atoms with Gasteiger partial charge in [-0.25, -0.2) is 9.97 Å². The zero-order chi connectivity index (χ0) is 14.7. The highest BCUT2D eigenvalue weighted by Crippen LogP contribution is 2.13. The summed E-state index contributed by atoms with van der Waals surface area (Å²) in [5, 5.41) is 6.19. The maximum Gasteiger partial charge on any atom is 0.237 e. The Labute approximate surface area is 123 Å². The van der Waals surface area contributed by atoms with E-state index in [0.717, 1.165) is 36.6 Å². The highest BCUT2D eigenvalue weighted by atomic mass is 16.2. The van der Waals surface area contributed by atoms with E-state index in [0.29, 0.717) is 6.54 Å². The van der Waals surface area contributed by atoms with Crippen LogP contribution in [0.15, 0.2) is 30.7 Å². The van der Waals surface area contributed by atoms with Gasteiger partial charge in [-0.2, -0.15) is 0 Å². The number of hydrogen-bond acceptors (Lipinski definition) is 4. The van der Waals surface area contributed by atoms with Gasteiger partial charge in [0, 0.05) is 30.7 Å². The van der Waals surface area contributed by atoms with E-state index in [1.807, 2.05) is 29.8 Å². The third-order valence-electron chi connectivity index (χ3n) is 3.75. The quantitative estimate of drug-likeness (QED) is 0.877. The molecule has 3 rings (SSSR count). The molecule has 0 aromatic carbocycles. The van der Waals surface area contributed by atoms with Crippen LogP contribution in [0.2, 0.25) is 0 Å². The molecular weight excluding hydrogens is 266 g/mol. The van der Waals surface area contributed by atoms with Crippen molar-refractivity contribution in [2.24, 2.45) is 0 Å². The van der Waals surface area contributed by atoms with E-state index in [9.17, 15) is 4.79 Å². The van der Waals surface area contributed by atoms with Crippen molar-refractivity contribution in [3.63, 3.8) is 0 Å². The number of pyridine rings is 1. The lowest BCUT2D eigenvalue weighted by Crippen LogP contribution is -2.40. The van der Waals surface area contributed by atoms with Gasteiger partial charge >= 0.3 is 0 Å². The molecule has 0 aliphatic carbocycles. The Morgan fingerprint density at radius 1 is 1.48 bits per heavy atom. The van der Waals surface area contributed by atoms with Crippen molar-refractivity contribution in [3.05, 3.63) is 42.1 Å². The van der Waals surface area contributed by atoms with Crippen LogP contribution in [-0.2, 0) is 11.3 Å². The minimum absolute atomic E-state index is 0.0555. The smallest absolute Gasteiger partial charge is 0.237 e. The Bertz CT molecular complexity index is 630.